The van der Waals surface area contributed by atoms with Gasteiger partial charge in [-0.05, 0) is 12.8 Å². The van der Waals surface area contributed by atoms with Crippen LogP contribution in [0.25, 0.3) is 0 Å². The molecule has 2 nitrogen and oxygen atoms in total. The van der Waals surface area contributed by atoms with Crippen LogP contribution in [-0.4, -0.2) is 11.2 Å². The first-order chi connectivity index (χ1) is 3.66. The SMILES string of the molecule is CC[C@H](S)CC(=O)[O-].[Na+]. The van der Waals surface area contributed by atoms with E-state index in [1.807, 2.05) is 6.92 Å². The topological polar surface area (TPSA) is 40.1 Å². The fourth-order valence-electron chi connectivity index (χ4n) is 0.337. The van der Waals surface area contributed by atoms with Gasteiger partial charge in [0.05, 0.1) is 0 Å². The Morgan fingerprint density at radius 2 is 2.22 bits per heavy atom. The zero-order valence-electron chi connectivity index (χ0n) is 5.76. The Labute approximate surface area is 82.7 Å². The monoisotopic (exact) mass is 156 g/mol. The van der Waals surface area contributed by atoms with E-state index in [0.29, 0.717) is 0 Å². The zero-order chi connectivity index (χ0) is 6.57. The number of carboxylic acid groups (broad SMARTS) is 1. The second-order valence-corrected chi connectivity index (χ2v) is 2.37. The van der Waals surface area contributed by atoms with Gasteiger partial charge < -0.3 is 9.90 Å². The normalized spacial score (nSPS) is 11.8. The molecule has 0 radical (unpaired) electrons. The van der Waals surface area contributed by atoms with Crippen LogP contribution in [0.2, 0.25) is 0 Å². The van der Waals surface area contributed by atoms with Crippen LogP contribution in [0.3, 0.4) is 0 Å². The molecule has 0 bridgehead atoms. The third kappa shape index (κ3) is 8.82. The molecule has 0 rings (SSSR count). The molecule has 0 aliphatic heterocycles. The molecule has 0 N–H and O–H groups in total. The second kappa shape index (κ2) is 6.93. The average Bonchev–Trinajstić information content (AvgIpc) is 1.65. The standard InChI is InChI=1S/C5H10O2S.Na/c1-2-4(8)3-5(6)7;/h4,8H,2-3H2,1H3,(H,6,7);/q;+1/p-1/t4-;/m0./s1. The van der Waals surface area contributed by atoms with Gasteiger partial charge in [-0.1, -0.05) is 6.92 Å². The third-order valence-corrected chi connectivity index (χ3v) is 1.42. The molecule has 1 atom stereocenters. The van der Waals surface area contributed by atoms with Gasteiger partial charge in [0.15, 0.2) is 0 Å². The maximum atomic E-state index is 9.81. The van der Waals surface area contributed by atoms with E-state index in [1.165, 1.54) is 0 Å². The predicted octanol–water partition coefficient (Wildman–Crippen LogP) is -3.16. The minimum atomic E-state index is -1.02. The molecule has 0 heterocycles. The van der Waals surface area contributed by atoms with Gasteiger partial charge in [0, 0.05) is 11.2 Å². The minimum Gasteiger partial charge on any atom is -0.550 e. The van der Waals surface area contributed by atoms with Crippen LogP contribution in [0.15, 0.2) is 0 Å². The van der Waals surface area contributed by atoms with Gasteiger partial charge in [-0.15, -0.1) is 0 Å². The van der Waals surface area contributed by atoms with Gasteiger partial charge >= 0.3 is 29.6 Å². The summed E-state index contributed by atoms with van der Waals surface area (Å²) in [6, 6.07) is 0. The molecule has 0 aromatic carbocycles. The van der Waals surface area contributed by atoms with Gasteiger partial charge in [-0.25, -0.2) is 0 Å². The summed E-state index contributed by atoms with van der Waals surface area (Å²) in [5.74, 6) is -1.02. The van der Waals surface area contributed by atoms with E-state index in [0.717, 1.165) is 6.42 Å². The Balaban J connectivity index is 0. The molecule has 0 spiro atoms. The van der Waals surface area contributed by atoms with Crippen molar-refractivity contribution in [1.29, 1.82) is 0 Å². The molecular weight excluding hydrogens is 147 g/mol. The summed E-state index contributed by atoms with van der Waals surface area (Å²) in [4.78, 5) is 9.81. The molecule has 0 aromatic rings. The van der Waals surface area contributed by atoms with Crippen molar-refractivity contribution in [2.45, 2.75) is 25.0 Å². The smallest absolute Gasteiger partial charge is 0.550 e. The molecule has 0 aliphatic rings. The molecule has 0 unspecified atom stereocenters. The average molecular weight is 156 g/mol. The summed E-state index contributed by atoms with van der Waals surface area (Å²) >= 11 is 3.95. The van der Waals surface area contributed by atoms with Crippen LogP contribution in [0.4, 0.5) is 0 Å². The zero-order valence-corrected chi connectivity index (χ0v) is 8.65. The van der Waals surface area contributed by atoms with Gasteiger partial charge in [0.2, 0.25) is 0 Å². The van der Waals surface area contributed by atoms with Crippen LogP contribution < -0.4 is 34.7 Å². The van der Waals surface area contributed by atoms with Crippen LogP contribution in [0.1, 0.15) is 19.8 Å². The second-order valence-electron chi connectivity index (χ2n) is 1.64. The first kappa shape index (κ1) is 12.5. The number of carboxylic acids is 1. The largest absolute Gasteiger partial charge is 1.00 e. The number of rotatable bonds is 3. The summed E-state index contributed by atoms with van der Waals surface area (Å²) in [6.45, 7) is 1.89. The van der Waals surface area contributed by atoms with Crippen LogP contribution >= 0.6 is 12.6 Å². The molecule has 9 heavy (non-hydrogen) atoms. The fraction of sp³-hybridized carbons (Fsp3) is 0.800. The Morgan fingerprint density at radius 1 is 1.78 bits per heavy atom. The van der Waals surface area contributed by atoms with Crippen LogP contribution in [0.5, 0.6) is 0 Å². The van der Waals surface area contributed by atoms with E-state index in [4.69, 9.17) is 0 Å². The van der Waals surface area contributed by atoms with E-state index < -0.39 is 5.97 Å². The summed E-state index contributed by atoms with van der Waals surface area (Å²) in [5.41, 5.74) is 0. The maximum Gasteiger partial charge on any atom is 1.00 e. The molecule has 48 valence electrons. The fourth-order valence-corrected chi connectivity index (χ4v) is 0.486. The number of carbonyl (C=O) groups is 1. The molecule has 0 aliphatic carbocycles. The Kier molecular flexibility index (Phi) is 9.62. The quantitative estimate of drug-likeness (QED) is 0.346. The summed E-state index contributed by atoms with van der Waals surface area (Å²) in [5, 5.41) is 9.77. The Bertz CT molecular complexity index is 87.0. The van der Waals surface area contributed by atoms with Crippen molar-refractivity contribution in [2.75, 3.05) is 0 Å². The van der Waals surface area contributed by atoms with Crippen molar-refractivity contribution in [1.82, 2.24) is 0 Å². The van der Waals surface area contributed by atoms with E-state index >= 15 is 0 Å². The van der Waals surface area contributed by atoms with Gasteiger partial charge in [0.25, 0.3) is 0 Å². The number of thiol groups is 1. The van der Waals surface area contributed by atoms with Crippen molar-refractivity contribution in [2.24, 2.45) is 0 Å². The molecule has 0 saturated heterocycles. The first-order valence-electron chi connectivity index (χ1n) is 2.54. The van der Waals surface area contributed by atoms with Crippen molar-refractivity contribution >= 4 is 18.6 Å². The van der Waals surface area contributed by atoms with E-state index in [2.05, 4.69) is 12.6 Å². The Morgan fingerprint density at radius 3 is 2.33 bits per heavy atom. The molecule has 0 saturated carbocycles. The first-order valence-corrected chi connectivity index (χ1v) is 3.06. The molecule has 0 fully saturated rings. The number of carbonyl (C=O) groups excluding carboxylic acids is 1. The number of hydrogen-bond acceptors (Lipinski definition) is 3. The predicted molar refractivity (Wildman–Crippen MR) is 32.7 cm³/mol. The third-order valence-electron chi connectivity index (χ3n) is 0.874. The van der Waals surface area contributed by atoms with E-state index in [-0.39, 0.29) is 41.2 Å². The minimum absolute atomic E-state index is 0. The van der Waals surface area contributed by atoms with Crippen molar-refractivity contribution in [3.05, 3.63) is 0 Å². The molecule has 0 amide bonds. The van der Waals surface area contributed by atoms with E-state index in [1.54, 1.807) is 0 Å². The molecule has 4 heteroatoms. The summed E-state index contributed by atoms with van der Waals surface area (Å²) < 4.78 is 0. The van der Waals surface area contributed by atoms with Crippen LogP contribution in [0, 0.1) is 0 Å². The van der Waals surface area contributed by atoms with Crippen molar-refractivity contribution in [3.8, 4) is 0 Å². The van der Waals surface area contributed by atoms with Gasteiger partial charge in [-0.3, -0.25) is 0 Å². The maximum absolute atomic E-state index is 9.81. The number of aliphatic carboxylic acids is 1. The Hall–Kier alpha value is 0.820. The van der Waals surface area contributed by atoms with Crippen LogP contribution in [-0.2, 0) is 4.79 Å². The van der Waals surface area contributed by atoms with Gasteiger partial charge in [0.1, 0.15) is 0 Å². The summed E-state index contributed by atoms with van der Waals surface area (Å²) in [7, 11) is 0. The molecular formula is C5H9NaO2S. The van der Waals surface area contributed by atoms with Gasteiger partial charge in [-0.2, -0.15) is 12.6 Å². The van der Waals surface area contributed by atoms with E-state index in [9.17, 15) is 9.90 Å². The van der Waals surface area contributed by atoms with Crippen molar-refractivity contribution in [3.63, 3.8) is 0 Å². The summed E-state index contributed by atoms with van der Waals surface area (Å²) in [6.07, 6.45) is 0.830. The molecule has 0 aromatic heterocycles. The van der Waals surface area contributed by atoms with Crippen molar-refractivity contribution < 1.29 is 39.5 Å². The number of hydrogen-bond donors (Lipinski definition) is 1.